The number of rotatable bonds is 2. The van der Waals surface area contributed by atoms with Crippen LogP contribution in [0.4, 0.5) is 8.78 Å². The number of aromatic hydroxyl groups is 1. The second kappa shape index (κ2) is 7.02. The Balaban J connectivity index is 1.70. The molecular formula is C27H28F2O3. The Hall–Kier alpha value is -2.45. The van der Waals surface area contributed by atoms with Gasteiger partial charge >= 0.3 is 5.92 Å². The van der Waals surface area contributed by atoms with E-state index in [1.165, 1.54) is 11.1 Å². The van der Waals surface area contributed by atoms with Crippen LogP contribution in [0.3, 0.4) is 0 Å². The molecule has 5 heteroatoms. The lowest BCUT2D eigenvalue weighted by Crippen LogP contribution is -2.59. The highest BCUT2D eigenvalue weighted by molar-refractivity contribution is 5.93. The first kappa shape index (κ1) is 21.4. The zero-order chi connectivity index (χ0) is 22.9. The van der Waals surface area contributed by atoms with Gasteiger partial charge in [-0.25, -0.2) is 0 Å². The normalized spacial score (nSPS) is 36.7. The minimum atomic E-state index is -3.61. The maximum absolute atomic E-state index is 15.0. The lowest BCUT2D eigenvalue weighted by Gasteiger charge is -2.55. The van der Waals surface area contributed by atoms with Gasteiger partial charge in [0.25, 0.3) is 0 Å². The standard InChI is InChI=1S/C27H28F2O3/c1-3-27(28,29)26(32)13-12-23-21-10-6-17-14-19(31)9-11-20(17)24(21)22(15-25(23,26)2)16-4-7-18(30)8-5-16/h1,4-5,7-8,14,21-23,30,32H,6,9-13,15H2,2H3/t21-,22+,23-,25-,26-/m0/s1. The highest BCUT2D eigenvalue weighted by Gasteiger charge is 2.71. The summed E-state index contributed by atoms with van der Waals surface area (Å²) in [4.78, 5) is 12.1. The number of ketones is 1. The number of hydrogen-bond acceptors (Lipinski definition) is 3. The van der Waals surface area contributed by atoms with E-state index in [2.05, 4.69) is 0 Å². The molecule has 5 rings (SSSR count). The van der Waals surface area contributed by atoms with Crippen molar-refractivity contribution >= 4 is 5.78 Å². The number of carbonyl (C=O) groups is 1. The number of phenols is 1. The number of benzene rings is 1. The van der Waals surface area contributed by atoms with Gasteiger partial charge in [-0.05, 0) is 91.2 Å². The largest absolute Gasteiger partial charge is 0.508 e. The Labute approximate surface area is 187 Å². The maximum atomic E-state index is 15.0. The number of carbonyl (C=O) groups excluding carboxylic acids is 1. The molecule has 32 heavy (non-hydrogen) atoms. The smallest absolute Gasteiger partial charge is 0.336 e. The molecule has 0 bridgehead atoms. The SMILES string of the molecule is C#CC(F)(F)[C@]1(O)CC[C@H]2[C@@H]3CCC4=CC(=O)CCC4=C3[C@@H](c3ccc(O)cc3)C[C@@]21C. The van der Waals surface area contributed by atoms with Crippen LogP contribution in [-0.4, -0.2) is 27.5 Å². The first-order valence-electron chi connectivity index (χ1n) is 11.4. The lowest BCUT2D eigenvalue weighted by atomic mass is 9.50. The summed E-state index contributed by atoms with van der Waals surface area (Å²) in [5.41, 5.74) is 1.17. The molecule has 4 aliphatic rings. The molecule has 3 nitrogen and oxygen atoms in total. The Morgan fingerprint density at radius 3 is 2.56 bits per heavy atom. The minimum Gasteiger partial charge on any atom is -0.508 e. The molecule has 1 aromatic rings. The van der Waals surface area contributed by atoms with Crippen molar-refractivity contribution in [2.75, 3.05) is 0 Å². The number of aliphatic hydroxyl groups is 1. The van der Waals surface area contributed by atoms with Crippen molar-refractivity contribution in [3.8, 4) is 18.1 Å². The Morgan fingerprint density at radius 2 is 1.88 bits per heavy atom. The third kappa shape index (κ3) is 2.78. The molecule has 0 heterocycles. The van der Waals surface area contributed by atoms with Crippen LogP contribution in [0.15, 0.2) is 47.1 Å². The average molecular weight is 439 g/mol. The number of hydrogen-bond donors (Lipinski definition) is 2. The Bertz CT molecular complexity index is 1080. The molecule has 0 spiro atoms. The van der Waals surface area contributed by atoms with Crippen molar-refractivity contribution in [2.24, 2.45) is 17.3 Å². The first-order chi connectivity index (χ1) is 15.1. The van der Waals surface area contributed by atoms with Gasteiger partial charge in [0.15, 0.2) is 5.78 Å². The van der Waals surface area contributed by atoms with Crippen LogP contribution in [0.2, 0.25) is 0 Å². The van der Waals surface area contributed by atoms with E-state index in [9.17, 15) is 23.8 Å². The fraction of sp³-hybridized carbons (Fsp3) is 0.519. The highest BCUT2D eigenvalue weighted by Crippen LogP contribution is 2.69. The summed E-state index contributed by atoms with van der Waals surface area (Å²) in [6.45, 7) is 1.79. The monoisotopic (exact) mass is 438 g/mol. The summed E-state index contributed by atoms with van der Waals surface area (Å²) in [5, 5.41) is 21.2. The van der Waals surface area contributed by atoms with Crippen LogP contribution >= 0.6 is 0 Å². The van der Waals surface area contributed by atoms with Crippen LogP contribution in [0.25, 0.3) is 0 Å². The minimum absolute atomic E-state index is 0.0199. The van der Waals surface area contributed by atoms with Gasteiger partial charge in [0.05, 0.1) is 0 Å². The van der Waals surface area contributed by atoms with E-state index in [-0.39, 0.29) is 35.7 Å². The van der Waals surface area contributed by atoms with Crippen molar-refractivity contribution in [2.45, 2.75) is 69.3 Å². The number of allylic oxidation sites excluding steroid dienone is 4. The summed E-state index contributed by atoms with van der Waals surface area (Å²) in [6, 6.07) is 6.91. The van der Waals surface area contributed by atoms with E-state index in [1.54, 1.807) is 31.1 Å². The predicted molar refractivity (Wildman–Crippen MR) is 117 cm³/mol. The fourth-order valence-electron chi connectivity index (χ4n) is 7.31. The van der Waals surface area contributed by atoms with Crippen molar-refractivity contribution in [1.82, 2.24) is 0 Å². The molecule has 1 aromatic carbocycles. The number of terminal acetylenes is 1. The number of phenolic OH excluding ortho intramolecular Hbond substituents is 1. The molecule has 168 valence electrons. The van der Waals surface area contributed by atoms with Gasteiger partial charge in [-0.1, -0.05) is 24.6 Å². The zero-order valence-electron chi connectivity index (χ0n) is 18.2. The molecule has 4 aliphatic carbocycles. The molecule has 0 unspecified atom stereocenters. The quantitative estimate of drug-likeness (QED) is 0.617. The molecule has 0 amide bonds. The van der Waals surface area contributed by atoms with Gasteiger partial charge in [-0.3, -0.25) is 4.79 Å². The molecule has 0 radical (unpaired) electrons. The topological polar surface area (TPSA) is 57.5 Å². The predicted octanol–water partition coefficient (Wildman–Crippen LogP) is 5.29. The van der Waals surface area contributed by atoms with Gasteiger partial charge in [-0.2, -0.15) is 8.78 Å². The average Bonchev–Trinajstić information content (AvgIpc) is 3.05. The van der Waals surface area contributed by atoms with Crippen LogP contribution in [-0.2, 0) is 4.79 Å². The molecule has 0 aliphatic heterocycles. The second-order valence-corrected chi connectivity index (χ2v) is 10.2. The molecule has 0 saturated heterocycles. The van der Waals surface area contributed by atoms with Crippen LogP contribution in [0, 0.1) is 29.6 Å². The second-order valence-electron chi connectivity index (χ2n) is 10.2. The van der Waals surface area contributed by atoms with Crippen molar-refractivity contribution in [3.63, 3.8) is 0 Å². The van der Waals surface area contributed by atoms with E-state index < -0.39 is 16.9 Å². The van der Waals surface area contributed by atoms with Crippen LogP contribution in [0.1, 0.15) is 63.4 Å². The van der Waals surface area contributed by atoms with E-state index in [1.807, 2.05) is 12.1 Å². The molecule has 0 aromatic heterocycles. The maximum Gasteiger partial charge on any atom is 0.336 e. The molecule has 5 atom stereocenters. The van der Waals surface area contributed by atoms with Crippen LogP contribution in [0.5, 0.6) is 5.75 Å². The van der Waals surface area contributed by atoms with Gasteiger partial charge in [0.1, 0.15) is 11.4 Å². The summed E-state index contributed by atoms with van der Waals surface area (Å²) < 4.78 is 30.0. The number of alkyl halides is 2. The van der Waals surface area contributed by atoms with Gasteiger partial charge in [0, 0.05) is 17.8 Å². The molecule has 2 saturated carbocycles. The van der Waals surface area contributed by atoms with Crippen LogP contribution < -0.4 is 0 Å². The summed E-state index contributed by atoms with van der Waals surface area (Å²) in [5.74, 6) is -1.93. The van der Waals surface area contributed by atoms with E-state index >= 15 is 0 Å². The highest BCUT2D eigenvalue weighted by atomic mass is 19.3. The molecule has 2 fully saturated rings. The first-order valence-corrected chi connectivity index (χ1v) is 11.4. The lowest BCUT2D eigenvalue weighted by molar-refractivity contribution is -0.209. The Kier molecular flexibility index (Phi) is 4.70. The third-order valence-electron chi connectivity index (χ3n) is 8.88. The van der Waals surface area contributed by atoms with E-state index in [0.29, 0.717) is 25.7 Å². The summed E-state index contributed by atoms with van der Waals surface area (Å²) in [6.07, 6.45) is 10.5. The van der Waals surface area contributed by atoms with Crippen molar-refractivity contribution in [3.05, 3.63) is 52.6 Å². The van der Waals surface area contributed by atoms with Gasteiger partial charge in [-0.15, -0.1) is 6.42 Å². The van der Waals surface area contributed by atoms with E-state index in [4.69, 9.17) is 6.42 Å². The van der Waals surface area contributed by atoms with Gasteiger partial charge < -0.3 is 10.2 Å². The Morgan fingerprint density at radius 1 is 1.16 bits per heavy atom. The fourth-order valence-corrected chi connectivity index (χ4v) is 7.31. The number of halogens is 2. The van der Waals surface area contributed by atoms with E-state index in [0.717, 1.165) is 24.0 Å². The zero-order valence-corrected chi connectivity index (χ0v) is 18.2. The number of fused-ring (bicyclic) bond motifs is 4. The summed E-state index contributed by atoms with van der Waals surface area (Å²) in [7, 11) is 0. The van der Waals surface area contributed by atoms with Crippen molar-refractivity contribution < 1.29 is 23.8 Å². The van der Waals surface area contributed by atoms with Gasteiger partial charge in [0.2, 0.25) is 0 Å². The molecule has 2 N–H and O–H groups in total. The molecular weight excluding hydrogens is 410 g/mol. The van der Waals surface area contributed by atoms with Crippen molar-refractivity contribution in [1.29, 1.82) is 0 Å². The third-order valence-corrected chi connectivity index (χ3v) is 8.88. The summed E-state index contributed by atoms with van der Waals surface area (Å²) >= 11 is 0.